The summed E-state index contributed by atoms with van der Waals surface area (Å²) in [5, 5.41) is 11.3. The molecule has 0 aliphatic heterocycles. The standard InChI is InChI=1S/C18H28N2O3/c1-13(2)10-16(19-18(22)23)17(21)12-20(14(3)4)11-15-8-6-5-7-9-15/h5-9,13-14,16,19H,10-12H2,1-4H3,(H,22,23). The summed E-state index contributed by atoms with van der Waals surface area (Å²) >= 11 is 0. The van der Waals surface area contributed by atoms with Crippen LogP contribution < -0.4 is 5.32 Å². The van der Waals surface area contributed by atoms with Gasteiger partial charge in [0, 0.05) is 12.6 Å². The summed E-state index contributed by atoms with van der Waals surface area (Å²) in [6, 6.07) is 9.52. The third kappa shape index (κ3) is 7.28. The second-order valence-corrected chi connectivity index (χ2v) is 6.58. The van der Waals surface area contributed by atoms with Gasteiger partial charge in [0.1, 0.15) is 0 Å². The minimum Gasteiger partial charge on any atom is -0.465 e. The highest BCUT2D eigenvalue weighted by Crippen LogP contribution is 2.11. The highest BCUT2D eigenvalue weighted by atomic mass is 16.4. The van der Waals surface area contributed by atoms with Gasteiger partial charge in [-0.2, -0.15) is 0 Å². The van der Waals surface area contributed by atoms with Gasteiger partial charge in [0.25, 0.3) is 0 Å². The number of rotatable bonds is 9. The van der Waals surface area contributed by atoms with Gasteiger partial charge < -0.3 is 10.4 Å². The molecule has 0 saturated carbocycles. The van der Waals surface area contributed by atoms with Gasteiger partial charge in [-0.3, -0.25) is 9.69 Å². The van der Waals surface area contributed by atoms with E-state index in [2.05, 4.69) is 10.2 Å². The molecule has 0 heterocycles. The van der Waals surface area contributed by atoms with E-state index >= 15 is 0 Å². The van der Waals surface area contributed by atoms with Crippen LogP contribution in [0.2, 0.25) is 0 Å². The number of Topliss-reactive ketones (excluding diaryl/α,β-unsaturated/α-hetero) is 1. The lowest BCUT2D eigenvalue weighted by Gasteiger charge is -2.28. The van der Waals surface area contributed by atoms with Gasteiger partial charge in [-0.15, -0.1) is 0 Å². The van der Waals surface area contributed by atoms with E-state index in [1.54, 1.807) is 0 Å². The van der Waals surface area contributed by atoms with Gasteiger partial charge in [0.2, 0.25) is 0 Å². The van der Waals surface area contributed by atoms with Crippen molar-refractivity contribution in [1.29, 1.82) is 0 Å². The van der Waals surface area contributed by atoms with E-state index in [0.29, 0.717) is 13.0 Å². The maximum Gasteiger partial charge on any atom is 0.405 e. The van der Waals surface area contributed by atoms with Crippen LogP contribution in [0.15, 0.2) is 30.3 Å². The number of amides is 1. The predicted molar refractivity (Wildman–Crippen MR) is 91.4 cm³/mol. The van der Waals surface area contributed by atoms with Crippen LogP contribution in [0.25, 0.3) is 0 Å². The number of carbonyl (C=O) groups is 2. The van der Waals surface area contributed by atoms with Crippen molar-refractivity contribution in [3.63, 3.8) is 0 Å². The Labute approximate surface area is 138 Å². The lowest BCUT2D eigenvalue weighted by molar-refractivity contribution is -0.123. The number of nitrogens with one attached hydrogen (secondary N) is 1. The molecular formula is C18H28N2O3. The van der Waals surface area contributed by atoms with Crippen molar-refractivity contribution in [1.82, 2.24) is 10.2 Å². The molecule has 0 radical (unpaired) electrons. The third-order valence-electron chi connectivity index (χ3n) is 3.71. The average molecular weight is 320 g/mol. The second kappa shape index (κ2) is 9.30. The molecule has 1 aromatic carbocycles. The van der Waals surface area contributed by atoms with E-state index in [1.165, 1.54) is 0 Å². The Morgan fingerprint density at radius 2 is 1.74 bits per heavy atom. The fraction of sp³-hybridized carbons (Fsp3) is 0.556. The topological polar surface area (TPSA) is 69.6 Å². The molecule has 1 atom stereocenters. The van der Waals surface area contributed by atoms with Gasteiger partial charge in [0.05, 0.1) is 12.6 Å². The number of ketones is 1. The smallest absolute Gasteiger partial charge is 0.405 e. The Kier molecular flexibility index (Phi) is 7.75. The monoisotopic (exact) mass is 320 g/mol. The van der Waals surface area contributed by atoms with E-state index in [9.17, 15) is 9.59 Å². The van der Waals surface area contributed by atoms with Gasteiger partial charge >= 0.3 is 6.09 Å². The van der Waals surface area contributed by atoms with Crippen LogP contribution in [0.3, 0.4) is 0 Å². The average Bonchev–Trinajstić information content (AvgIpc) is 2.45. The highest BCUT2D eigenvalue weighted by molar-refractivity contribution is 5.88. The quantitative estimate of drug-likeness (QED) is 0.733. The first-order chi connectivity index (χ1) is 10.8. The van der Waals surface area contributed by atoms with E-state index in [1.807, 2.05) is 58.0 Å². The number of hydrogen-bond acceptors (Lipinski definition) is 3. The summed E-state index contributed by atoms with van der Waals surface area (Å²) in [5.41, 5.74) is 1.14. The molecule has 1 amide bonds. The molecule has 1 rings (SSSR count). The molecule has 128 valence electrons. The molecule has 23 heavy (non-hydrogen) atoms. The molecule has 1 aromatic rings. The molecule has 1 unspecified atom stereocenters. The first-order valence-corrected chi connectivity index (χ1v) is 8.09. The molecule has 0 bridgehead atoms. The van der Waals surface area contributed by atoms with Crippen molar-refractivity contribution in [3.8, 4) is 0 Å². The predicted octanol–water partition coefficient (Wildman–Crippen LogP) is 3.15. The molecule has 5 nitrogen and oxygen atoms in total. The molecule has 0 aromatic heterocycles. The SMILES string of the molecule is CC(C)CC(NC(=O)O)C(=O)CN(Cc1ccccc1)C(C)C. The molecule has 0 saturated heterocycles. The number of carbonyl (C=O) groups excluding carboxylic acids is 1. The maximum absolute atomic E-state index is 12.6. The summed E-state index contributed by atoms with van der Waals surface area (Å²) in [6.45, 7) is 8.95. The van der Waals surface area contributed by atoms with Gasteiger partial charge in [-0.05, 0) is 31.7 Å². The van der Waals surface area contributed by atoms with Crippen molar-refractivity contribution in [2.24, 2.45) is 5.92 Å². The molecule has 0 fully saturated rings. The van der Waals surface area contributed by atoms with Gasteiger partial charge in [0.15, 0.2) is 5.78 Å². The molecule has 5 heteroatoms. The highest BCUT2D eigenvalue weighted by Gasteiger charge is 2.24. The fourth-order valence-electron chi connectivity index (χ4n) is 2.44. The van der Waals surface area contributed by atoms with Crippen LogP contribution in [0.1, 0.15) is 39.7 Å². The van der Waals surface area contributed by atoms with Crippen molar-refractivity contribution in [2.75, 3.05) is 6.54 Å². The van der Waals surface area contributed by atoms with Crippen LogP contribution in [-0.2, 0) is 11.3 Å². The Morgan fingerprint density at radius 3 is 2.22 bits per heavy atom. The lowest BCUT2D eigenvalue weighted by Crippen LogP contribution is -2.46. The van der Waals surface area contributed by atoms with Crippen LogP contribution in [-0.4, -0.2) is 40.5 Å². The molecular weight excluding hydrogens is 292 g/mol. The third-order valence-corrected chi connectivity index (χ3v) is 3.71. The number of benzene rings is 1. The number of carboxylic acid groups (broad SMARTS) is 1. The minimum atomic E-state index is -1.15. The first-order valence-electron chi connectivity index (χ1n) is 8.09. The van der Waals surface area contributed by atoms with Gasteiger partial charge in [-0.25, -0.2) is 4.79 Å². The van der Waals surface area contributed by atoms with Crippen LogP contribution in [0, 0.1) is 5.92 Å². The zero-order valence-electron chi connectivity index (χ0n) is 14.5. The zero-order valence-corrected chi connectivity index (χ0v) is 14.5. The van der Waals surface area contributed by atoms with Crippen LogP contribution >= 0.6 is 0 Å². The Balaban J connectivity index is 2.76. The van der Waals surface area contributed by atoms with Gasteiger partial charge in [-0.1, -0.05) is 44.2 Å². The Hall–Kier alpha value is -1.88. The van der Waals surface area contributed by atoms with E-state index < -0.39 is 12.1 Å². The van der Waals surface area contributed by atoms with Crippen molar-refractivity contribution >= 4 is 11.9 Å². The van der Waals surface area contributed by atoms with Crippen molar-refractivity contribution in [2.45, 2.75) is 52.7 Å². The largest absolute Gasteiger partial charge is 0.465 e. The number of hydrogen-bond donors (Lipinski definition) is 2. The molecule has 0 aliphatic carbocycles. The van der Waals surface area contributed by atoms with Crippen LogP contribution in [0.4, 0.5) is 4.79 Å². The van der Waals surface area contributed by atoms with E-state index in [-0.39, 0.29) is 24.3 Å². The van der Waals surface area contributed by atoms with E-state index in [4.69, 9.17) is 5.11 Å². The normalized spacial score (nSPS) is 12.7. The summed E-state index contributed by atoms with van der Waals surface area (Å²) in [4.78, 5) is 25.5. The van der Waals surface area contributed by atoms with Crippen molar-refractivity contribution < 1.29 is 14.7 Å². The molecule has 0 aliphatic rings. The fourth-order valence-corrected chi connectivity index (χ4v) is 2.44. The maximum atomic E-state index is 12.6. The second-order valence-electron chi connectivity index (χ2n) is 6.58. The summed E-state index contributed by atoms with van der Waals surface area (Å²) < 4.78 is 0. The first kappa shape index (κ1) is 19.2. The van der Waals surface area contributed by atoms with Crippen molar-refractivity contribution in [3.05, 3.63) is 35.9 Å². The molecule has 0 spiro atoms. The lowest BCUT2D eigenvalue weighted by atomic mass is 9.99. The van der Waals surface area contributed by atoms with Crippen LogP contribution in [0.5, 0.6) is 0 Å². The summed E-state index contributed by atoms with van der Waals surface area (Å²) in [6.07, 6.45) is -0.634. The Morgan fingerprint density at radius 1 is 1.13 bits per heavy atom. The zero-order chi connectivity index (χ0) is 17.4. The minimum absolute atomic E-state index is 0.0780. The number of nitrogens with zero attached hydrogens (tertiary/aromatic N) is 1. The summed E-state index contributed by atoms with van der Waals surface area (Å²) in [7, 11) is 0. The van der Waals surface area contributed by atoms with E-state index in [0.717, 1.165) is 5.56 Å². The summed E-state index contributed by atoms with van der Waals surface area (Å²) in [5.74, 6) is 0.170. The Bertz CT molecular complexity index is 500. The molecule has 2 N–H and O–H groups in total.